The van der Waals surface area contributed by atoms with Gasteiger partial charge in [0.05, 0.1) is 4.92 Å². The maximum absolute atomic E-state index is 10.0. The molecule has 20 heavy (non-hydrogen) atoms. The highest BCUT2D eigenvalue weighted by Gasteiger charge is 1.98. The number of nitrogen functional groups attached to an aromatic ring is 1. The number of hydrogen-bond acceptors (Lipinski definition) is 3. The molecule has 0 atom stereocenters. The molecule has 0 heterocycles. The van der Waals surface area contributed by atoms with Gasteiger partial charge in [0.15, 0.2) is 0 Å². The van der Waals surface area contributed by atoms with Crippen molar-refractivity contribution in [3.8, 4) is 25.2 Å². The summed E-state index contributed by atoms with van der Waals surface area (Å²) in [4.78, 5) is 9.59. The molecule has 0 saturated heterocycles. The van der Waals surface area contributed by atoms with Crippen LogP contribution in [-0.4, -0.2) is 4.92 Å². The van der Waals surface area contributed by atoms with Crippen molar-refractivity contribution in [3.63, 3.8) is 0 Å². The van der Waals surface area contributed by atoms with Gasteiger partial charge in [0.2, 0.25) is 0 Å². The van der Waals surface area contributed by atoms with Gasteiger partial charge in [-0.1, -0.05) is 30.2 Å². The summed E-state index contributed by atoms with van der Waals surface area (Å²) in [7, 11) is 0. The van der Waals surface area contributed by atoms with Crippen LogP contribution in [0.4, 0.5) is 11.4 Å². The van der Waals surface area contributed by atoms with Gasteiger partial charge in [-0.3, -0.25) is 10.1 Å². The molecule has 2 rings (SSSR count). The number of nitro benzene ring substituents is 1. The molecule has 0 radical (unpaired) electrons. The highest BCUT2D eigenvalue weighted by Crippen LogP contribution is 2.06. The Morgan fingerprint density at radius 1 is 1.05 bits per heavy atom. The first kappa shape index (κ1) is 16.8. The van der Waals surface area contributed by atoms with Crippen molar-refractivity contribution in [1.29, 1.82) is 0 Å². The highest BCUT2D eigenvalue weighted by atomic mass is 16.6. The van der Waals surface area contributed by atoms with Crippen LogP contribution in [0.15, 0.2) is 54.6 Å². The molecule has 0 fully saturated rings. The zero-order chi connectivity index (χ0) is 15.4. The maximum Gasteiger partial charge on any atom is 0.269 e. The lowest BCUT2D eigenvalue weighted by atomic mass is 10.2. The minimum absolute atomic E-state index is 0.137. The number of nitro groups is 1. The van der Waals surface area contributed by atoms with Crippen molar-refractivity contribution >= 4 is 11.4 Å². The topological polar surface area (TPSA) is 69.2 Å². The zero-order valence-electron chi connectivity index (χ0n) is 10.8. The Kier molecular flexibility index (Phi) is 8.18. The van der Waals surface area contributed by atoms with E-state index in [0.717, 1.165) is 5.56 Å². The minimum Gasteiger partial charge on any atom is -0.399 e. The SMILES string of the molecule is C#C.C#Cc1cccc(N)c1.O=[N+]([O-])c1ccccc1. The number of rotatable bonds is 1. The fourth-order valence-corrected chi connectivity index (χ4v) is 1.18. The van der Waals surface area contributed by atoms with Crippen molar-refractivity contribution < 1.29 is 4.92 Å². The number of anilines is 1. The summed E-state index contributed by atoms with van der Waals surface area (Å²) in [6.45, 7) is 0. The summed E-state index contributed by atoms with van der Waals surface area (Å²) in [6.07, 6.45) is 13.1. The zero-order valence-corrected chi connectivity index (χ0v) is 10.8. The summed E-state index contributed by atoms with van der Waals surface area (Å²) in [5.41, 5.74) is 7.12. The second-order valence-electron chi connectivity index (χ2n) is 3.36. The molecule has 0 aliphatic carbocycles. The Bertz CT molecular complexity index is 599. The Balaban J connectivity index is 0.000000321. The second-order valence-corrected chi connectivity index (χ2v) is 3.36. The van der Waals surface area contributed by atoms with Crippen LogP contribution >= 0.6 is 0 Å². The Morgan fingerprint density at radius 2 is 1.65 bits per heavy atom. The predicted molar refractivity (Wildman–Crippen MR) is 81.8 cm³/mol. The first-order chi connectivity index (χ1) is 9.63. The predicted octanol–water partition coefficient (Wildman–Crippen LogP) is 3.09. The molecule has 0 unspecified atom stereocenters. The summed E-state index contributed by atoms with van der Waals surface area (Å²) in [5.74, 6) is 2.49. The molecule has 4 nitrogen and oxygen atoms in total. The fraction of sp³-hybridized carbons (Fsp3) is 0. The molecule has 0 bridgehead atoms. The van der Waals surface area contributed by atoms with Crippen LogP contribution in [-0.2, 0) is 0 Å². The van der Waals surface area contributed by atoms with Gasteiger partial charge in [-0.2, -0.15) is 0 Å². The first-order valence-corrected chi connectivity index (χ1v) is 5.48. The number of nitrogens with two attached hydrogens (primary N) is 1. The summed E-state index contributed by atoms with van der Waals surface area (Å²) in [5, 5.41) is 10.0. The average Bonchev–Trinajstić information content (AvgIpc) is 2.51. The van der Waals surface area contributed by atoms with E-state index in [9.17, 15) is 10.1 Å². The molecule has 2 aromatic carbocycles. The summed E-state index contributed by atoms with van der Waals surface area (Å²) in [6, 6.07) is 15.2. The van der Waals surface area contributed by atoms with Crippen molar-refractivity contribution in [2.24, 2.45) is 0 Å². The number of terminal acetylenes is 2. The van der Waals surface area contributed by atoms with E-state index in [4.69, 9.17) is 12.2 Å². The molecule has 0 amide bonds. The van der Waals surface area contributed by atoms with E-state index in [1.165, 1.54) is 12.1 Å². The lowest BCUT2D eigenvalue weighted by Crippen LogP contribution is -1.84. The Labute approximate surface area is 118 Å². The van der Waals surface area contributed by atoms with Crippen molar-refractivity contribution in [2.45, 2.75) is 0 Å². The van der Waals surface area contributed by atoms with Crippen LogP contribution < -0.4 is 5.73 Å². The van der Waals surface area contributed by atoms with E-state index in [1.54, 1.807) is 30.3 Å². The lowest BCUT2D eigenvalue weighted by molar-refractivity contribution is -0.384. The standard InChI is InChI=1S/C8H7N.C6H5NO2.C2H2/c1-2-7-4-3-5-8(9)6-7;8-7(9)6-4-2-1-3-5-6;1-2/h1,3-6H,9H2;1-5H;1-2H. The van der Waals surface area contributed by atoms with E-state index in [0.29, 0.717) is 5.69 Å². The third-order valence-corrected chi connectivity index (χ3v) is 2.02. The van der Waals surface area contributed by atoms with Crippen LogP contribution in [0.25, 0.3) is 0 Å². The van der Waals surface area contributed by atoms with Gasteiger partial charge in [0.25, 0.3) is 5.69 Å². The molecule has 0 aliphatic rings. The van der Waals surface area contributed by atoms with Gasteiger partial charge in [-0.05, 0) is 18.2 Å². The Morgan fingerprint density at radius 3 is 2.00 bits per heavy atom. The van der Waals surface area contributed by atoms with Gasteiger partial charge in [0, 0.05) is 23.4 Å². The minimum atomic E-state index is -0.417. The molecule has 4 heteroatoms. The van der Waals surface area contributed by atoms with Gasteiger partial charge in [-0.15, -0.1) is 19.3 Å². The third-order valence-electron chi connectivity index (χ3n) is 2.02. The van der Waals surface area contributed by atoms with Crippen molar-refractivity contribution in [1.82, 2.24) is 0 Å². The Hall–Kier alpha value is -3.24. The van der Waals surface area contributed by atoms with E-state index < -0.39 is 4.92 Å². The monoisotopic (exact) mass is 266 g/mol. The van der Waals surface area contributed by atoms with E-state index >= 15 is 0 Å². The largest absolute Gasteiger partial charge is 0.399 e. The van der Waals surface area contributed by atoms with Crippen LogP contribution in [0.1, 0.15) is 5.56 Å². The van der Waals surface area contributed by atoms with Crippen molar-refractivity contribution in [3.05, 3.63) is 70.3 Å². The number of benzene rings is 2. The van der Waals surface area contributed by atoms with E-state index in [-0.39, 0.29) is 5.69 Å². The third kappa shape index (κ3) is 6.48. The molecule has 0 spiro atoms. The molecule has 100 valence electrons. The van der Waals surface area contributed by atoms with Crippen LogP contribution in [0.5, 0.6) is 0 Å². The number of hydrogen-bond donors (Lipinski definition) is 1. The molecular weight excluding hydrogens is 252 g/mol. The van der Waals surface area contributed by atoms with Crippen molar-refractivity contribution in [2.75, 3.05) is 5.73 Å². The highest BCUT2D eigenvalue weighted by molar-refractivity contribution is 5.46. The van der Waals surface area contributed by atoms with Crippen LogP contribution in [0, 0.1) is 35.3 Å². The smallest absolute Gasteiger partial charge is 0.269 e. The van der Waals surface area contributed by atoms with Gasteiger partial charge in [-0.25, -0.2) is 0 Å². The number of nitrogens with zero attached hydrogens (tertiary/aromatic N) is 1. The first-order valence-electron chi connectivity index (χ1n) is 5.48. The molecule has 2 aromatic rings. The van der Waals surface area contributed by atoms with Gasteiger partial charge >= 0.3 is 0 Å². The summed E-state index contributed by atoms with van der Waals surface area (Å²) < 4.78 is 0. The maximum atomic E-state index is 10.0. The van der Waals surface area contributed by atoms with Crippen LogP contribution in [0.2, 0.25) is 0 Å². The molecule has 0 aromatic heterocycles. The normalized spacial score (nSPS) is 7.85. The number of para-hydroxylation sites is 1. The molecule has 0 saturated carbocycles. The molecule has 0 aliphatic heterocycles. The van der Waals surface area contributed by atoms with E-state index in [2.05, 4.69) is 18.8 Å². The average molecular weight is 266 g/mol. The molecular formula is C16H14N2O2. The fourth-order valence-electron chi connectivity index (χ4n) is 1.18. The van der Waals surface area contributed by atoms with E-state index in [1.807, 2.05) is 12.1 Å². The van der Waals surface area contributed by atoms with Gasteiger partial charge in [0.1, 0.15) is 0 Å². The lowest BCUT2D eigenvalue weighted by Gasteiger charge is -1.90. The second kappa shape index (κ2) is 9.76. The number of non-ortho nitro benzene ring substituents is 1. The summed E-state index contributed by atoms with van der Waals surface area (Å²) >= 11 is 0. The van der Waals surface area contributed by atoms with Crippen LogP contribution in [0.3, 0.4) is 0 Å². The quantitative estimate of drug-likeness (QED) is 0.373. The van der Waals surface area contributed by atoms with Gasteiger partial charge < -0.3 is 5.73 Å². The molecule has 2 N–H and O–H groups in total.